The molecule has 1 fully saturated rings. The summed E-state index contributed by atoms with van der Waals surface area (Å²) in [4.78, 5) is 14.1. The fraction of sp³-hybridized carbons (Fsp3) is 0.562. The van der Waals surface area contributed by atoms with Gasteiger partial charge in [0, 0.05) is 25.1 Å². The third-order valence-corrected chi connectivity index (χ3v) is 3.91. The summed E-state index contributed by atoms with van der Waals surface area (Å²) < 4.78 is 18.6. The van der Waals surface area contributed by atoms with Crippen LogP contribution in [0.25, 0.3) is 0 Å². The van der Waals surface area contributed by atoms with Crippen LogP contribution < -0.4 is 4.74 Å². The lowest BCUT2D eigenvalue weighted by atomic mass is 9.93. The molecule has 3 unspecified atom stereocenters. The maximum absolute atomic E-state index is 13.1. The topological polar surface area (TPSA) is 49.8 Å². The third-order valence-electron chi connectivity index (χ3n) is 3.91. The van der Waals surface area contributed by atoms with Crippen LogP contribution in [0.15, 0.2) is 24.3 Å². The first kappa shape index (κ1) is 15.8. The first-order chi connectivity index (χ1) is 9.97. The molecule has 1 aliphatic heterocycles. The van der Waals surface area contributed by atoms with Gasteiger partial charge in [-0.05, 0) is 38.8 Å². The lowest BCUT2D eigenvalue weighted by Gasteiger charge is -2.35. The molecular formula is C16H22FNO3. The predicted octanol–water partition coefficient (Wildman–Crippen LogP) is 2.21. The smallest absolute Gasteiger partial charge is 0.263 e. The number of hydrogen-bond acceptors (Lipinski definition) is 3. The molecule has 1 aliphatic rings. The molecule has 0 bridgehead atoms. The highest BCUT2D eigenvalue weighted by atomic mass is 19.1. The molecule has 0 saturated carbocycles. The first-order valence-corrected chi connectivity index (χ1v) is 7.36. The second kappa shape index (κ2) is 6.89. The van der Waals surface area contributed by atoms with Crippen molar-refractivity contribution in [3.05, 3.63) is 30.1 Å². The maximum Gasteiger partial charge on any atom is 0.263 e. The number of nitrogens with zero attached hydrogens (tertiary/aromatic N) is 1. The minimum Gasteiger partial charge on any atom is -0.481 e. The number of rotatable bonds is 4. The predicted molar refractivity (Wildman–Crippen MR) is 77.5 cm³/mol. The van der Waals surface area contributed by atoms with Crippen molar-refractivity contribution in [1.82, 2.24) is 4.90 Å². The zero-order valence-electron chi connectivity index (χ0n) is 12.5. The molecule has 0 radical (unpaired) electrons. The summed E-state index contributed by atoms with van der Waals surface area (Å²) >= 11 is 0. The summed E-state index contributed by atoms with van der Waals surface area (Å²) in [5.74, 6) is -0.0482. The molecule has 116 valence electrons. The van der Waals surface area contributed by atoms with Gasteiger partial charge in [0.25, 0.3) is 5.91 Å². The van der Waals surface area contributed by atoms with Gasteiger partial charge in [0.15, 0.2) is 6.10 Å². The Morgan fingerprint density at radius 1 is 1.48 bits per heavy atom. The van der Waals surface area contributed by atoms with Crippen LogP contribution in [0.3, 0.4) is 0 Å². The van der Waals surface area contributed by atoms with Gasteiger partial charge in [0.1, 0.15) is 11.6 Å². The molecule has 4 nitrogen and oxygen atoms in total. The number of hydrogen-bond donors (Lipinski definition) is 1. The van der Waals surface area contributed by atoms with Gasteiger partial charge in [-0.1, -0.05) is 6.07 Å². The fourth-order valence-electron chi connectivity index (χ4n) is 2.66. The third kappa shape index (κ3) is 4.17. The highest BCUT2D eigenvalue weighted by Crippen LogP contribution is 2.21. The Balaban J connectivity index is 1.95. The van der Waals surface area contributed by atoms with E-state index < -0.39 is 12.2 Å². The van der Waals surface area contributed by atoms with E-state index in [1.165, 1.54) is 12.1 Å². The van der Waals surface area contributed by atoms with Gasteiger partial charge in [-0.3, -0.25) is 4.79 Å². The average molecular weight is 295 g/mol. The molecule has 1 N–H and O–H groups in total. The van der Waals surface area contributed by atoms with Crippen molar-refractivity contribution in [3.63, 3.8) is 0 Å². The summed E-state index contributed by atoms with van der Waals surface area (Å²) in [7, 11) is 0. The van der Waals surface area contributed by atoms with Gasteiger partial charge in [0.05, 0.1) is 6.10 Å². The second-order valence-corrected chi connectivity index (χ2v) is 5.64. The molecule has 0 spiro atoms. The van der Waals surface area contributed by atoms with Crippen LogP contribution in [-0.4, -0.2) is 41.2 Å². The standard InChI is InChI=1S/C16H22FNO3/c1-11(19)13-5-4-8-18(10-13)16(20)12(2)21-15-7-3-6-14(17)9-15/h3,6-7,9,11-13,19H,4-5,8,10H2,1-2H3. The van der Waals surface area contributed by atoms with Crippen LogP contribution in [-0.2, 0) is 4.79 Å². The second-order valence-electron chi connectivity index (χ2n) is 5.64. The van der Waals surface area contributed by atoms with Crippen LogP contribution in [0.5, 0.6) is 5.75 Å². The summed E-state index contributed by atoms with van der Waals surface area (Å²) in [6.07, 6.45) is 0.730. The number of benzene rings is 1. The summed E-state index contributed by atoms with van der Waals surface area (Å²) in [5.41, 5.74) is 0. The van der Waals surface area contributed by atoms with E-state index >= 15 is 0 Å². The molecule has 3 atom stereocenters. The van der Waals surface area contributed by atoms with Crippen molar-refractivity contribution in [2.75, 3.05) is 13.1 Å². The molecule has 1 aromatic carbocycles. The molecule has 1 saturated heterocycles. The molecule has 1 aromatic rings. The van der Waals surface area contributed by atoms with Gasteiger partial charge < -0.3 is 14.7 Å². The number of amides is 1. The Morgan fingerprint density at radius 2 is 2.24 bits per heavy atom. The maximum atomic E-state index is 13.1. The molecule has 1 heterocycles. The van der Waals surface area contributed by atoms with E-state index in [9.17, 15) is 14.3 Å². The van der Waals surface area contributed by atoms with Gasteiger partial charge in [0.2, 0.25) is 0 Å². The van der Waals surface area contributed by atoms with E-state index in [1.54, 1.807) is 30.9 Å². The van der Waals surface area contributed by atoms with Gasteiger partial charge in [-0.15, -0.1) is 0 Å². The number of halogens is 1. The minimum atomic E-state index is -0.667. The van der Waals surface area contributed by atoms with Gasteiger partial charge in [-0.25, -0.2) is 4.39 Å². The van der Waals surface area contributed by atoms with Crippen LogP contribution in [0.1, 0.15) is 26.7 Å². The van der Waals surface area contributed by atoms with Gasteiger partial charge in [-0.2, -0.15) is 0 Å². The number of piperidine rings is 1. The van der Waals surface area contributed by atoms with Crippen LogP contribution in [0.4, 0.5) is 4.39 Å². The summed E-state index contributed by atoms with van der Waals surface area (Å²) in [6, 6.07) is 5.77. The lowest BCUT2D eigenvalue weighted by Crippen LogP contribution is -2.47. The Kier molecular flexibility index (Phi) is 5.17. The summed E-state index contributed by atoms with van der Waals surface area (Å²) in [5, 5.41) is 9.67. The Hall–Kier alpha value is -1.62. The SMILES string of the molecule is CC(Oc1cccc(F)c1)C(=O)N1CCCC(C(C)O)C1. The highest BCUT2D eigenvalue weighted by molar-refractivity contribution is 5.81. The van der Waals surface area contributed by atoms with Crippen LogP contribution >= 0.6 is 0 Å². The monoisotopic (exact) mass is 295 g/mol. The lowest BCUT2D eigenvalue weighted by molar-refractivity contribution is -0.140. The number of aliphatic hydroxyl groups excluding tert-OH is 1. The van der Waals surface area contributed by atoms with E-state index in [0.717, 1.165) is 12.8 Å². The van der Waals surface area contributed by atoms with E-state index in [2.05, 4.69) is 0 Å². The number of likely N-dealkylation sites (tertiary alicyclic amines) is 1. The van der Waals surface area contributed by atoms with Gasteiger partial charge >= 0.3 is 0 Å². The molecule has 2 rings (SSSR count). The Labute approximate surface area is 124 Å². The van der Waals surface area contributed by atoms with E-state index in [4.69, 9.17) is 4.74 Å². The number of carbonyl (C=O) groups is 1. The molecular weight excluding hydrogens is 273 g/mol. The Morgan fingerprint density at radius 3 is 2.90 bits per heavy atom. The normalized spacial score (nSPS) is 21.7. The highest BCUT2D eigenvalue weighted by Gasteiger charge is 2.29. The number of aliphatic hydroxyl groups is 1. The quantitative estimate of drug-likeness (QED) is 0.926. The molecule has 21 heavy (non-hydrogen) atoms. The zero-order chi connectivity index (χ0) is 15.4. The number of ether oxygens (including phenoxy) is 1. The van der Waals surface area contributed by atoms with E-state index in [1.807, 2.05) is 0 Å². The van der Waals surface area contributed by atoms with Crippen molar-refractivity contribution in [2.24, 2.45) is 5.92 Å². The molecule has 0 aromatic heterocycles. The first-order valence-electron chi connectivity index (χ1n) is 7.36. The van der Waals surface area contributed by atoms with E-state index in [-0.39, 0.29) is 17.6 Å². The Bertz CT molecular complexity index is 492. The molecule has 0 aliphatic carbocycles. The van der Waals surface area contributed by atoms with Crippen molar-refractivity contribution >= 4 is 5.91 Å². The van der Waals surface area contributed by atoms with Crippen molar-refractivity contribution in [3.8, 4) is 5.75 Å². The average Bonchev–Trinajstić information content (AvgIpc) is 2.46. The van der Waals surface area contributed by atoms with E-state index in [0.29, 0.717) is 18.8 Å². The molecule has 5 heteroatoms. The zero-order valence-corrected chi connectivity index (χ0v) is 12.5. The van der Waals surface area contributed by atoms with Crippen LogP contribution in [0, 0.1) is 11.7 Å². The minimum absolute atomic E-state index is 0.115. The molecule has 1 amide bonds. The van der Waals surface area contributed by atoms with Crippen molar-refractivity contribution in [1.29, 1.82) is 0 Å². The van der Waals surface area contributed by atoms with Crippen molar-refractivity contribution in [2.45, 2.75) is 38.9 Å². The number of carbonyl (C=O) groups excluding carboxylic acids is 1. The van der Waals surface area contributed by atoms with Crippen molar-refractivity contribution < 1.29 is 19.0 Å². The largest absolute Gasteiger partial charge is 0.481 e. The fourth-order valence-corrected chi connectivity index (χ4v) is 2.66. The summed E-state index contributed by atoms with van der Waals surface area (Å²) in [6.45, 7) is 4.65. The van der Waals surface area contributed by atoms with Crippen LogP contribution in [0.2, 0.25) is 0 Å².